The van der Waals surface area contributed by atoms with E-state index in [1.165, 1.54) is 42.0 Å². The van der Waals surface area contributed by atoms with E-state index < -0.39 is 0 Å². The van der Waals surface area contributed by atoms with E-state index in [1.807, 2.05) is 18.3 Å². The van der Waals surface area contributed by atoms with Gasteiger partial charge in [0, 0.05) is 36.3 Å². The molecule has 33 heavy (non-hydrogen) atoms. The number of nitrogens with zero attached hydrogens (tertiary/aromatic N) is 2. The lowest BCUT2D eigenvalue weighted by Crippen LogP contribution is -2.09. The smallest absolute Gasteiger partial charge is 0.339 e. The van der Waals surface area contributed by atoms with Gasteiger partial charge in [0.2, 0.25) is 0 Å². The lowest BCUT2D eigenvalue weighted by Gasteiger charge is -2.15. The van der Waals surface area contributed by atoms with Crippen LogP contribution in [0, 0.1) is 5.92 Å². The highest BCUT2D eigenvalue weighted by molar-refractivity contribution is 5.96. The first kappa shape index (κ1) is 21.4. The van der Waals surface area contributed by atoms with E-state index in [-0.39, 0.29) is 5.97 Å². The third-order valence-electron chi connectivity index (χ3n) is 6.38. The van der Waals surface area contributed by atoms with Gasteiger partial charge in [0.25, 0.3) is 0 Å². The first-order valence-electron chi connectivity index (χ1n) is 11.8. The van der Waals surface area contributed by atoms with Crippen molar-refractivity contribution in [3.05, 3.63) is 89.4 Å². The number of benzene rings is 2. The summed E-state index contributed by atoms with van der Waals surface area (Å²) in [6.45, 7) is 5.46. The van der Waals surface area contributed by atoms with Crippen LogP contribution < -0.4 is 0 Å². The number of aromatic nitrogens is 2. The first-order valence-corrected chi connectivity index (χ1v) is 11.8. The highest BCUT2D eigenvalue weighted by Gasteiger charge is 2.26. The van der Waals surface area contributed by atoms with E-state index in [0.717, 1.165) is 23.4 Å². The van der Waals surface area contributed by atoms with Crippen LogP contribution in [0.4, 0.5) is 0 Å². The fourth-order valence-electron chi connectivity index (χ4n) is 4.67. The third kappa shape index (κ3) is 4.43. The van der Waals surface area contributed by atoms with Crippen LogP contribution in [0.5, 0.6) is 0 Å². The second kappa shape index (κ2) is 8.86. The van der Waals surface area contributed by atoms with Gasteiger partial charge < -0.3 is 9.30 Å². The van der Waals surface area contributed by atoms with Gasteiger partial charge in [0.05, 0.1) is 23.9 Å². The summed E-state index contributed by atoms with van der Waals surface area (Å²) in [5, 5.41) is 1.21. The molecule has 0 radical (unpaired) electrons. The monoisotopic (exact) mass is 438 g/mol. The number of hydrogen-bond acceptors (Lipinski definition) is 3. The normalized spacial score (nSPS) is 13.6. The highest BCUT2D eigenvalue weighted by Crippen LogP contribution is 2.40. The number of rotatable bonds is 7. The van der Waals surface area contributed by atoms with Crippen LogP contribution in [0.25, 0.3) is 22.0 Å². The molecule has 1 aliphatic rings. The van der Waals surface area contributed by atoms with E-state index in [2.05, 4.69) is 67.1 Å². The summed E-state index contributed by atoms with van der Waals surface area (Å²) >= 11 is 0. The molecule has 0 N–H and O–H groups in total. The quantitative estimate of drug-likeness (QED) is 0.305. The Hall–Kier alpha value is -3.40. The third-order valence-corrected chi connectivity index (χ3v) is 6.38. The summed E-state index contributed by atoms with van der Waals surface area (Å²) in [4.78, 5) is 17.3. The molecule has 0 spiro atoms. The van der Waals surface area contributed by atoms with Crippen LogP contribution in [0.3, 0.4) is 0 Å². The second-order valence-corrected chi connectivity index (χ2v) is 9.51. The van der Waals surface area contributed by atoms with Crippen molar-refractivity contribution in [2.45, 2.75) is 45.6 Å². The molecule has 2 aromatic carbocycles. The zero-order valence-electron chi connectivity index (χ0n) is 19.5. The number of fused-ring (bicyclic) bond motifs is 1. The number of esters is 1. The fraction of sp³-hybridized carbons (Fsp3) is 0.310. The summed E-state index contributed by atoms with van der Waals surface area (Å²) in [7, 11) is 1.44. The predicted molar refractivity (Wildman–Crippen MR) is 133 cm³/mol. The molecule has 2 aromatic heterocycles. The Bertz CT molecular complexity index is 1300. The molecule has 0 bridgehead atoms. The SMILES string of the molecule is COC(=O)c1cc(C2CC2)cnc1Cc1cc(-c2ccccc2)c2c(ccn2CC(C)C)c1. The molecule has 1 fully saturated rings. The molecule has 168 valence electrons. The van der Waals surface area contributed by atoms with Crippen molar-refractivity contribution in [3.63, 3.8) is 0 Å². The fourth-order valence-corrected chi connectivity index (χ4v) is 4.67. The molecule has 0 saturated heterocycles. The zero-order chi connectivity index (χ0) is 22.9. The molecular weight excluding hydrogens is 408 g/mol. The van der Waals surface area contributed by atoms with Gasteiger partial charge in [-0.2, -0.15) is 0 Å². The van der Waals surface area contributed by atoms with E-state index in [0.29, 0.717) is 23.8 Å². The molecule has 4 aromatic rings. The Morgan fingerprint density at radius 1 is 1.12 bits per heavy atom. The van der Waals surface area contributed by atoms with Crippen molar-refractivity contribution in [1.82, 2.24) is 9.55 Å². The van der Waals surface area contributed by atoms with Gasteiger partial charge in [-0.05, 0) is 65.6 Å². The van der Waals surface area contributed by atoms with Crippen LogP contribution >= 0.6 is 0 Å². The number of methoxy groups -OCH3 is 1. The van der Waals surface area contributed by atoms with Crippen LogP contribution in [-0.2, 0) is 17.7 Å². The number of ether oxygens (including phenoxy) is 1. The minimum absolute atomic E-state index is 0.313. The molecule has 4 heteroatoms. The minimum Gasteiger partial charge on any atom is -0.465 e. The van der Waals surface area contributed by atoms with Gasteiger partial charge in [-0.25, -0.2) is 4.79 Å². The Balaban J connectivity index is 1.60. The Morgan fingerprint density at radius 2 is 1.91 bits per heavy atom. The lowest BCUT2D eigenvalue weighted by atomic mass is 9.96. The molecule has 0 aliphatic heterocycles. The zero-order valence-corrected chi connectivity index (χ0v) is 19.5. The molecule has 4 nitrogen and oxygen atoms in total. The predicted octanol–water partition coefficient (Wildman–Crippen LogP) is 6.61. The average molecular weight is 439 g/mol. The van der Waals surface area contributed by atoms with E-state index in [1.54, 1.807) is 0 Å². The first-order chi connectivity index (χ1) is 16.0. The van der Waals surface area contributed by atoms with Gasteiger partial charge in [-0.1, -0.05) is 44.2 Å². The Labute approximate surface area is 195 Å². The lowest BCUT2D eigenvalue weighted by molar-refractivity contribution is 0.0599. The molecular formula is C29H30N2O2. The van der Waals surface area contributed by atoms with Crippen LogP contribution in [0.1, 0.15) is 59.8 Å². The molecule has 0 amide bonds. The van der Waals surface area contributed by atoms with Gasteiger partial charge in [0.1, 0.15) is 0 Å². The highest BCUT2D eigenvalue weighted by atomic mass is 16.5. The van der Waals surface area contributed by atoms with Crippen LogP contribution in [0.2, 0.25) is 0 Å². The standard InChI is InChI=1S/C29H30N2O2/c1-19(2)18-31-12-11-23-13-20(14-25(28(23)31)22-7-5-4-6-8-22)15-27-26(29(32)33-3)16-24(17-30-27)21-9-10-21/h4-8,11-14,16-17,19,21H,9-10,15,18H2,1-3H3. The van der Waals surface area contributed by atoms with Crippen molar-refractivity contribution < 1.29 is 9.53 Å². The van der Waals surface area contributed by atoms with Gasteiger partial charge >= 0.3 is 5.97 Å². The Kier molecular flexibility index (Phi) is 5.76. The molecule has 1 saturated carbocycles. The Morgan fingerprint density at radius 3 is 2.61 bits per heavy atom. The molecule has 5 rings (SSSR count). The van der Waals surface area contributed by atoms with Crippen molar-refractivity contribution >= 4 is 16.9 Å². The summed E-state index contributed by atoms with van der Waals surface area (Å²) < 4.78 is 7.45. The summed E-state index contributed by atoms with van der Waals surface area (Å²) in [5.41, 5.74) is 7.29. The van der Waals surface area contributed by atoms with Crippen molar-refractivity contribution in [1.29, 1.82) is 0 Å². The average Bonchev–Trinajstić information content (AvgIpc) is 3.60. The number of carbonyl (C=O) groups excluding carboxylic acids is 1. The molecule has 2 heterocycles. The van der Waals surface area contributed by atoms with Crippen molar-refractivity contribution in [2.75, 3.05) is 7.11 Å². The van der Waals surface area contributed by atoms with Crippen molar-refractivity contribution in [3.8, 4) is 11.1 Å². The van der Waals surface area contributed by atoms with Gasteiger partial charge in [-0.15, -0.1) is 0 Å². The topological polar surface area (TPSA) is 44.1 Å². The maximum Gasteiger partial charge on any atom is 0.339 e. The van der Waals surface area contributed by atoms with Crippen LogP contribution in [0.15, 0.2) is 67.0 Å². The maximum absolute atomic E-state index is 12.6. The summed E-state index contributed by atoms with van der Waals surface area (Å²) in [6, 6.07) is 19.2. The second-order valence-electron chi connectivity index (χ2n) is 9.51. The molecule has 0 unspecified atom stereocenters. The van der Waals surface area contributed by atoms with Crippen LogP contribution in [-0.4, -0.2) is 22.6 Å². The molecule has 0 atom stereocenters. The number of carbonyl (C=O) groups is 1. The molecule has 1 aliphatic carbocycles. The van der Waals surface area contributed by atoms with Gasteiger partial charge in [0.15, 0.2) is 0 Å². The number of hydrogen-bond donors (Lipinski definition) is 0. The van der Waals surface area contributed by atoms with E-state index in [9.17, 15) is 4.79 Å². The largest absolute Gasteiger partial charge is 0.465 e. The van der Waals surface area contributed by atoms with Crippen molar-refractivity contribution in [2.24, 2.45) is 5.92 Å². The van der Waals surface area contributed by atoms with E-state index >= 15 is 0 Å². The van der Waals surface area contributed by atoms with Gasteiger partial charge in [-0.3, -0.25) is 4.98 Å². The minimum atomic E-state index is -0.313. The number of pyridine rings is 1. The summed E-state index contributed by atoms with van der Waals surface area (Å²) in [5.74, 6) is 0.782. The van der Waals surface area contributed by atoms with E-state index in [4.69, 9.17) is 9.72 Å². The summed E-state index contributed by atoms with van der Waals surface area (Å²) in [6.07, 6.45) is 7.05. The maximum atomic E-state index is 12.6.